The van der Waals surface area contributed by atoms with Crippen LogP contribution >= 0.6 is 0 Å². The van der Waals surface area contributed by atoms with Crippen molar-refractivity contribution in [1.82, 2.24) is 4.90 Å². The van der Waals surface area contributed by atoms with E-state index in [1.807, 2.05) is 14.0 Å². The van der Waals surface area contributed by atoms with Crippen LogP contribution in [-0.2, 0) is 4.74 Å². The number of piperidine rings is 1. The normalized spacial score (nSPS) is 26.2. The van der Waals surface area contributed by atoms with E-state index in [4.69, 9.17) is 4.74 Å². The van der Waals surface area contributed by atoms with Crippen LogP contribution in [0.5, 0.6) is 0 Å². The zero-order valence-electron chi connectivity index (χ0n) is 9.99. The second-order valence-corrected chi connectivity index (χ2v) is 4.99. The number of aliphatic hydroxyl groups excluding tert-OH is 1. The number of nitrogens with zero attached hydrogens (tertiary/aromatic N) is 1. The summed E-state index contributed by atoms with van der Waals surface area (Å²) in [6.07, 6.45) is 1.40. The lowest BCUT2D eigenvalue weighted by atomic mass is 9.69. The SMILES string of the molecule is COCC(C)(CO)C1(O)CCN(C)CC1. The maximum atomic E-state index is 10.6. The molecule has 1 aliphatic rings. The predicted octanol–water partition coefficient (Wildman–Crippen LogP) is 0.0881. The smallest absolute Gasteiger partial charge is 0.0769 e. The third-order valence-electron chi connectivity index (χ3n) is 3.75. The Bertz CT molecular complexity index is 202. The lowest BCUT2D eigenvalue weighted by Gasteiger charge is -2.47. The fourth-order valence-corrected chi connectivity index (χ4v) is 2.24. The van der Waals surface area contributed by atoms with E-state index in [2.05, 4.69) is 4.90 Å². The molecule has 0 bridgehead atoms. The topological polar surface area (TPSA) is 52.9 Å². The minimum absolute atomic E-state index is 0.0406. The van der Waals surface area contributed by atoms with Gasteiger partial charge in [-0.2, -0.15) is 0 Å². The molecule has 0 saturated carbocycles. The highest BCUT2D eigenvalue weighted by molar-refractivity contribution is 4.98. The van der Waals surface area contributed by atoms with Gasteiger partial charge in [0.05, 0.1) is 18.8 Å². The van der Waals surface area contributed by atoms with Crippen molar-refractivity contribution in [1.29, 1.82) is 0 Å². The van der Waals surface area contributed by atoms with Crippen LogP contribution < -0.4 is 0 Å². The molecular formula is C11H23NO3. The van der Waals surface area contributed by atoms with E-state index in [-0.39, 0.29) is 6.61 Å². The molecule has 0 amide bonds. The summed E-state index contributed by atoms with van der Waals surface area (Å²) >= 11 is 0. The largest absolute Gasteiger partial charge is 0.396 e. The van der Waals surface area contributed by atoms with Crippen molar-refractivity contribution in [2.45, 2.75) is 25.4 Å². The van der Waals surface area contributed by atoms with E-state index < -0.39 is 11.0 Å². The molecule has 0 aromatic rings. The molecule has 2 N–H and O–H groups in total. The Morgan fingerprint density at radius 3 is 2.33 bits per heavy atom. The first-order valence-corrected chi connectivity index (χ1v) is 5.48. The van der Waals surface area contributed by atoms with Crippen molar-refractivity contribution in [2.24, 2.45) is 5.41 Å². The molecule has 1 atom stereocenters. The van der Waals surface area contributed by atoms with Gasteiger partial charge in [-0.15, -0.1) is 0 Å². The van der Waals surface area contributed by atoms with Gasteiger partial charge in [0.2, 0.25) is 0 Å². The minimum Gasteiger partial charge on any atom is -0.396 e. The first-order valence-electron chi connectivity index (χ1n) is 5.48. The third kappa shape index (κ3) is 2.50. The lowest BCUT2D eigenvalue weighted by Crippen LogP contribution is -2.56. The van der Waals surface area contributed by atoms with Gasteiger partial charge in [-0.1, -0.05) is 6.92 Å². The highest BCUT2D eigenvalue weighted by Crippen LogP contribution is 2.39. The molecule has 1 rings (SSSR count). The molecule has 4 nitrogen and oxygen atoms in total. The van der Waals surface area contributed by atoms with Crippen LogP contribution in [0.3, 0.4) is 0 Å². The Labute approximate surface area is 91.8 Å². The van der Waals surface area contributed by atoms with Crippen LogP contribution in [0.15, 0.2) is 0 Å². The zero-order valence-corrected chi connectivity index (χ0v) is 9.99. The standard InChI is InChI=1S/C11H23NO3/c1-10(8-13,9-15-3)11(14)4-6-12(2)7-5-11/h13-14H,4-9H2,1-3H3. The number of likely N-dealkylation sites (tertiary alicyclic amines) is 1. The van der Waals surface area contributed by atoms with Crippen molar-refractivity contribution in [2.75, 3.05) is 40.5 Å². The first kappa shape index (κ1) is 12.9. The van der Waals surface area contributed by atoms with E-state index in [0.717, 1.165) is 13.1 Å². The molecule has 15 heavy (non-hydrogen) atoms. The van der Waals surface area contributed by atoms with Gasteiger partial charge in [0.15, 0.2) is 0 Å². The summed E-state index contributed by atoms with van der Waals surface area (Å²) in [5, 5.41) is 20.0. The van der Waals surface area contributed by atoms with E-state index in [1.165, 1.54) is 0 Å². The van der Waals surface area contributed by atoms with Crippen molar-refractivity contribution in [3.05, 3.63) is 0 Å². The fourth-order valence-electron chi connectivity index (χ4n) is 2.24. The fraction of sp³-hybridized carbons (Fsp3) is 1.00. The Kier molecular flexibility index (Phi) is 4.12. The van der Waals surface area contributed by atoms with Crippen LogP contribution in [0.25, 0.3) is 0 Å². The van der Waals surface area contributed by atoms with Gasteiger partial charge >= 0.3 is 0 Å². The molecule has 1 saturated heterocycles. The number of hydrogen-bond acceptors (Lipinski definition) is 4. The highest BCUT2D eigenvalue weighted by Gasteiger charge is 2.47. The van der Waals surface area contributed by atoms with E-state index in [1.54, 1.807) is 7.11 Å². The molecule has 0 aromatic carbocycles. The van der Waals surface area contributed by atoms with Crippen molar-refractivity contribution in [3.63, 3.8) is 0 Å². The van der Waals surface area contributed by atoms with E-state index in [9.17, 15) is 10.2 Å². The van der Waals surface area contributed by atoms with Gasteiger partial charge in [-0.3, -0.25) is 0 Å². The van der Waals surface area contributed by atoms with Crippen molar-refractivity contribution in [3.8, 4) is 0 Å². The number of rotatable bonds is 4. The molecule has 1 unspecified atom stereocenters. The number of ether oxygens (including phenoxy) is 1. The van der Waals surface area contributed by atoms with Crippen LogP contribution in [-0.4, -0.2) is 61.2 Å². The molecule has 0 spiro atoms. The summed E-state index contributed by atoms with van der Waals surface area (Å²) < 4.78 is 5.11. The third-order valence-corrected chi connectivity index (χ3v) is 3.75. The van der Waals surface area contributed by atoms with Crippen molar-refractivity contribution >= 4 is 0 Å². The van der Waals surface area contributed by atoms with Gasteiger partial charge in [-0.25, -0.2) is 0 Å². The Morgan fingerprint density at radius 2 is 1.93 bits per heavy atom. The van der Waals surface area contributed by atoms with Gasteiger partial charge in [0.1, 0.15) is 0 Å². The zero-order chi connectivity index (χ0) is 11.5. The molecule has 4 heteroatoms. The first-order chi connectivity index (χ1) is 6.97. The predicted molar refractivity (Wildman–Crippen MR) is 58.7 cm³/mol. The second-order valence-electron chi connectivity index (χ2n) is 4.99. The Balaban J connectivity index is 2.73. The minimum atomic E-state index is -0.801. The van der Waals surface area contributed by atoms with Gasteiger partial charge in [0.25, 0.3) is 0 Å². The van der Waals surface area contributed by atoms with E-state index >= 15 is 0 Å². The van der Waals surface area contributed by atoms with Gasteiger partial charge in [-0.05, 0) is 19.9 Å². The van der Waals surface area contributed by atoms with Crippen LogP contribution in [0.2, 0.25) is 0 Å². The molecule has 90 valence electrons. The average molecular weight is 217 g/mol. The molecule has 0 aromatic heterocycles. The van der Waals surface area contributed by atoms with Crippen LogP contribution in [0.4, 0.5) is 0 Å². The lowest BCUT2D eigenvalue weighted by molar-refractivity contribution is -0.152. The average Bonchev–Trinajstić information content (AvgIpc) is 2.23. The van der Waals surface area contributed by atoms with E-state index in [0.29, 0.717) is 19.4 Å². The summed E-state index contributed by atoms with van der Waals surface area (Å²) in [7, 11) is 3.65. The number of aliphatic hydroxyl groups is 2. The summed E-state index contributed by atoms with van der Waals surface area (Å²) in [6, 6.07) is 0. The number of methoxy groups -OCH3 is 1. The Morgan fingerprint density at radius 1 is 1.40 bits per heavy atom. The Hall–Kier alpha value is -0.160. The molecule has 1 heterocycles. The van der Waals surface area contributed by atoms with Crippen LogP contribution in [0, 0.1) is 5.41 Å². The maximum Gasteiger partial charge on any atom is 0.0769 e. The molecule has 1 aliphatic heterocycles. The second kappa shape index (κ2) is 4.78. The van der Waals surface area contributed by atoms with Gasteiger partial charge in [0, 0.05) is 25.6 Å². The monoisotopic (exact) mass is 217 g/mol. The van der Waals surface area contributed by atoms with Gasteiger partial charge < -0.3 is 19.8 Å². The molecule has 0 aliphatic carbocycles. The summed E-state index contributed by atoms with van der Waals surface area (Å²) in [4.78, 5) is 2.19. The molecule has 0 radical (unpaired) electrons. The maximum absolute atomic E-state index is 10.6. The quantitative estimate of drug-likeness (QED) is 0.700. The summed E-state index contributed by atoms with van der Waals surface area (Å²) in [6.45, 7) is 3.98. The molecule has 1 fully saturated rings. The highest BCUT2D eigenvalue weighted by atomic mass is 16.5. The van der Waals surface area contributed by atoms with Crippen LogP contribution in [0.1, 0.15) is 19.8 Å². The van der Waals surface area contributed by atoms with Crippen molar-refractivity contribution < 1.29 is 14.9 Å². The molecular weight excluding hydrogens is 194 g/mol. The summed E-state index contributed by atoms with van der Waals surface area (Å²) in [5.74, 6) is 0. The number of hydrogen-bond donors (Lipinski definition) is 2. The summed E-state index contributed by atoms with van der Waals surface area (Å²) in [5.41, 5.74) is -1.35.